The molecule has 0 amide bonds. The first-order valence-electron chi connectivity index (χ1n) is 9.55. The van der Waals surface area contributed by atoms with E-state index in [1.54, 1.807) is 6.92 Å². The number of rotatable bonds is 5. The summed E-state index contributed by atoms with van der Waals surface area (Å²) in [5.41, 5.74) is 1.83. The summed E-state index contributed by atoms with van der Waals surface area (Å²) in [5, 5.41) is 10.7. The molecule has 7 heteroatoms. The van der Waals surface area contributed by atoms with Gasteiger partial charge in [-0.3, -0.25) is 14.9 Å². The van der Waals surface area contributed by atoms with Crippen molar-refractivity contribution in [2.45, 2.75) is 39.7 Å². The third-order valence-electron chi connectivity index (χ3n) is 4.96. The van der Waals surface area contributed by atoms with Crippen LogP contribution in [0.5, 0.6) is 5.75 Å². The van der Waals surface area contributed by atoms with E-state index in [-0.39, 0.29) is 17.2 Å². The molecule has 0 heterocycles. The highest BCUT2D eigenvalue weighted by Gasteiger charge is 2.39. The topological polar surface area (TPSA) is 95.7 Å². The van der Waals surface area contributed by atoms with Crippen LogP contribution in [-0.2, 0) is 9.53 Å². The van der Waals surface area contributed by atoms with Crippen LogP contribution in [-0.4, -0.2) is 23.0 Å². The Morgan fingerprint density at radius 3 is 2.30 bits per heavy atom. The first kappa shape index (κ1) is 21.2. The number of nitro groups is 1. The summed E-state index contributed by atoms with van der Waals surface area (Å²) in [5.74, 6) is -0.329. The van der Waals surface area contributed by atoms with E-state index in [1.165, 1.54) is 24.3 Å². The van der Waals surface area contributed by atoms with Gasteiger partial charge < -0.3 is 9.47 Å². The van der Waals surface area contributed by atoms with E-state index in [2.05, 4.69) is 0 Å². The summed E-state index contributed by atoms with van der Waals surface area (Å²) >= 11 is 0. The second-order valence-electron chi connectivity index (χ2n) is 8.18. The predicted octanol–water partition coefficient (Wildman–Crippen LogP) is 5.29. The van der Waals surface area contributed by atoms with Gasteiger partial charge in [-0.25, -0.2) is 4.79 Å². The van der Waals surface area contributed by atoms with Gasteiger partial charge in [-0.2, -0.15) is 0 Å². The fraction of sp³-hybridized carbons (Fsp3) is 0.304. The molecule has 0 bridgehead atoms. The highest BCUT2D eigenvalue weighted by Crippen LogP contribution is 2.42. The molecule has 0 radical (unpaired) electrons. The number of nitro benzene ring substituents is 1. The number of carbonyl (C=O) groups excluding carboxylic acids is 2. The van der Waals surface area contributed by atoms with Crippen molar-refractivity contribution in [2.75, 3.05) is 0 Å². The lowest BCUT2D eigenvalue weighted by Crippen LogP contribution is -2.31. The number of hydrogen-bond acceptors (Lipinski definition) is 6. The second kappa shape index (κ2) is 8.10. The van der Waals surface area contributed by atoms with Gasteiger partial charge >= 0.3 is 6.16 Å². The monoisotopic (exact) mass is 409 g/mol. The molecule has 0 saturated heterocycles. The summed E-state index contributed by atoms with van der Waals surface area (Å²) in [6.45, 7) is 7.28. The van der Waals surface area contributed by atoms with E-state index >= 15 is 0 Å². The fourth-order valence-corrected chi connectivity index (χ4v) is 3.39. The average molecular weight is 409 g/mol. The first-order chi connectivity index (χ1) is 14.1. The van der Waals surface area contributed by atoms with Crippen molar-refractivity contribution in [1.82, 2.24) is 0 Å². The minimum absolute atomic E-state index is 0.0397. The molecular formula is C23H23NO6. The van der Waals surface area contributed by atoms with Gasteiger partial charge in [0, 0.05) is 17.5 Å². The van der Waals surface area contributed by atoms with Crippen molar-refractivity contribution in [2.24, 2.45) is 5.41 Å². The van der Waals surface area contributed by atoms with E-state index in [1.807, 2.05) is 51.1 Å². The molecular weight excluding hydrogens is 386 g/mol. The number of fused-ring (bicyclic) bond motifs is 1. The first-order valence-corrected chi connectivity index (χ1v) is 9.55. The average Bonchev–Trinajstić information content (AvgIpc) is 3.06. The highest BCUT2D eigenvalue weighted by molar-refractivity contribution is 5.97. The van der Waals surface area contributed by atoms with Crippen LogP contribution in [0.2, 0.25) is 0 Å². The standard InChI is InChI=1S/C23H23NO6/c1-14(29-22(26)30-17-11-9-16(10-12-17)24(27)28)19-13-15-7-5-6-8-18(15)20(19)21(25)23(2,3)4/h5-14,20H,1-4H3. The van der Waals surface area contributed by atoms with E-state index < -0.39 is 28.5 Å². The van der Waals surface area contributed by atoms with Crippen LogP contribution in [0.15, 0.2) is 54.1 Å². The largest absolute Gasteiger partial charge is 0.514 e. The number of ether oxygens (including phenoxy) is 2. The lowest BCUT2D eigenvalue weighted by atomic mass is 9.77. The van der Waals surface area contributed by atoms with Crippen LogP contribution in [0.25, 0.3) is 6.08 Å². The Hall–Kier alpha value is -3.48. The Bertz CT molecular complexity index is 1020. The van der Waals surface area contributed by atoms with Crippen LogP contribution >= 0.6 is 0 Å². The van der Waals surface area contributed by atoms with Crippen LogP contribution in [0.4, 0.5) is 10.5 Å². The smallest absolute Gasteiger partial charge is 0.426 e. The zero-order valence-corrected chi connectivity index (χ0v) is 17.2. The molecule has 3 rings (SSSR count). The van der Waals surface area contributed by atoms with Crippen LogP contribution in [0.3, 0.4) is 0 Å². The normalized spacial score (nSPS) is 16.3. The third-order valence-corrected chi connectivity index (χ3v) is 4.96. The SMILES string of the molecule is CC(OC(=O)Oc1ccc([N+](=O)[O-])cc1)C1=Cc2ccccc2C1C(=O)C(C)(C)C. The van der Waals surface area contributed by atoms with Gasteiger partial charge in [0.15, 0.2) is 0 Å². The Balaban J connectivity index is 1.76. The Kier molecular flexibility index (Phi) is 5.73. The fourth-order valence-electron chi connectivity index (χ4n) is 3.39. The molecule has 0 saturated carbocycles. The number of Topliss-reactive ketones (excluding diaryl/α,β-unsaturated/α-hetero) is 1. The minimum Gasteiger partial charge on any atom is -0.426 e. The molecule has 0 N–H and O–H groups in total. The maximum absolute atomic E-state index is 13.1. The summed E-state index contributed by atoms with van der Waals surface area (Å²) in [6, 6.07) is 12.7. The lowest BCUT2D eigenvalue weighted by molar-refractivity contribution is -0.384. The Morgan fingerprint density at radius 2 is 1.70 bits per heavy atom. The summed E-state index contributed by atoms with van der Waals surface area (Å²) in [7, 11) is 0. The summed E-state index contributed by atoms with van der Waals surface area (Å²) in [4.78, 5) is 35.6. The van der Waals surface area contributed by atoms with Crippen molar-refractivity contribution >= 4 is 23.7 Å². The van der Waals surface area contributed by atoms with E-state index in [0.29, 0.717) is 5.57 Å². The van der Waals surface area contributed by atoms with Gasteiger partial charge in [-0.05, 0) is 35.8 Å². The van der Waals surface area contributed by atoms with E-state index in [0.717, 1.165) is 11.1 Å². The van der Waals surface area contributed by atoms with Gasteiger partial charge in [-0.1, -0.05) is 51.1 Å². The van der Waals surface area contributed by atoms with Crippen LogP contribution < -0.4 is 4.74 Å². The molecule has 2 aromatic rings. The number of carbonyl (C=O) groups is 2. The third kappa shape index (κ3) is 4.40. The van der Waals surface area contributed by atoms with Crippen molar-refractivity contribution in [3.05, 3.63) is 75.3 Å². The molecule has 2 aromatic carbocycles. The molecule has 0 fully saturated rings. The zero-order chi connectivity index (χ0) is 22.1. The molecule has 0 spiro atoms. The van der Waals surface area contributed by atoms with Crippen molar-refractivity contribution in [3.63, 3.8) is 0 Å². The van der Waals surface area contributed by atoms with Gasteiger partial charge in [0.2, 0.25) is 0 Å². The van der Waals surface area contributed by atoms with Crippen molar-refractivity contribution < 1.29 is 24.0 Å². The molecule has 0 aromatic heterocycles. The number of ketones is 1. The maximum atomic E-state index is 13.1. The van der Waals surface area contributed by atoms with Crippen molar-refractivity contribution in [1.29, 1.82) is 0 Å². The molecule has 1 aliphatic carbocycles. The quantitative estimate of drug-likeness (QED) is 0.288. The van der Waals surface area contributed by atoms with Crippen molar-refractivity contribution in [3.8, 4) is 5.75 Å². The second-order valence-corrected chi connectivity index (χ2v) is 8.18. The summed E-state index contributed by atoms with van der Waals surface area (Å²) in [6.07, 6.45) is 0.238. The zero-order valence-electron chi connectivity index (χ0n) is 17.2. The molecule has 1 aliphatic rings. The summed E-state index contributed by atoms with van der Waals surface area (Å²) < 4.78 is 10.5. The molecule has 0 aliphatic heterocycles. The van der Waals surface area contributed by atoms with Gasteiger partial charge in [-0.15, -0.1) is 0 Å². The lowest BCUT2D eigenvalue weighted by Gasteiger charge is -2.27. The minimum atomic E-state index is -0.949. The van der Waals surface area contributed by atoms with Gasteiger partial charge in [0.1, 0.15) is 17.6 Å². The van der Waals surface area contributed by atoms with Gasteiger partial charge in [0.05, 0.1) is 10.8 Å². The highest BCUT2D eigenvalue weighted by atomic mass is 16.7. The van der Waals surface area contributed by atoms with E-state index in [9.17, 15) is 19.7 Å². The molecule has 2 atom stereocenters. The Labute approximate surface area is 174 Å². The number of benzene rings is 2. The number of non-ortho nitro benzene ring substituents is 1. The molecule has 30 heavy (non-hydrogen) atoms. The molecule has 156 valence electrons. The number of nitrogens with zero attached hydrogens (tertiary/aromatic N) is 1. The predicted molar refractivity (Wildman–Crippen MR) is 111 cm³/mol. The Morgan fingerprint density at radius 1 is 1.07 bits per heavy atom. The van der Waals surface area contributed by atoms with Gasteiger partial charge in [0.25, 0.3) is 5.69 Å². The van der Waals surface area contributed by atoms with Crippen LogP contribution in [0.1, 0.15) is 44.7 Å². The molecule has 7 nitrogen and oxygen atoms in total. The maximum Gasteiger partial charge on any atom is 0.514 e. The van der Waals surface area contributed by atoms with Crippen LogP contribution in [0, 0.1) is 15.5 Å². The molecule has 2 unspecified atom stereocenters. The van der Waals surface area contributed by atoms with E-state index in [4.69, 9.17) is 9.47 Å². The number of hydrogen-bond donors (Lipinski definition) is 0.